The van der Waals surface area contributed by atoms with E-state index in [-0.39, 0.29) is 18.0 Å². The minimum atomic E-state index is -0.0963. The van der Waals surface area contributed by atoms with Gasteiger partial charge < -0.3 is 10.1 Å². The Morgan fingerprint density at radius 1 is 1.34 bits per heavy atom. The molecule has 2 N–H and O–H groups in total. The number of thiophene rings is 1. The molecule has 0 spiro atoms. The number of carbonyl (C=O) groups excluding carboxylic acids is 1. The number of fused-ring (bicyclic) bond motifs is 4. The van der Waals surface area contributed by atoms with E-state index in [1.165, 1.54) is 10.4 Å². The van der Waals surface area contributed by atoms with Gasteiger partial charge in [0.2, 0.25) is 0 Å². The predicted octanol–water partition coefficient (Wildman–Crippen LogP) is 4.37. The van der Waals surface area contributed by atoms with Crippen LogP contribution in [0.2, 0.25) is 0 Å². The predicted molar refractivity (Wildman–Crippen MR) is 114 cm³/mol. The molecule has 8 heteroatoms. The van der Waals surface area contributed by atoms with Crippen LogP contribution in [-0.4, -0.2) is 32.2 Å². The lowest BCUT2D eigenvalue weighted by atomic mass is 9.88. The molecule has 29 heavy (non-hydrogen) atoms. The Balaban J connectivity index is 1.47. The molecule has 1 unspecified atom stereocenters. The first kappa shape index (κ1) is 18.1. The highest BCUT2D eigenvalue weighted by Gasteiger charge is 2.30. The van der Waals surface area contributed by atoms with E-state index < -0.39 is 0 Å². The minimum absolute atomic E-state index is 0.0779. The molecule has 7 nitrogen and oxygen atoms in total. The second-order valence-electron chi connectivity index (χ2n) is 7.63. The number of hydrogen-bond acceptors (Lipinski definition) is 7. The molecule has 0 amide bonds. The van der Waals surface area contributed by atoms with Gasteiger partial charge in [-0.25, -0.2) is 9.97 Å². The molecule has 0 radical (unpaired) electrons. The average Bonchev–Trinajstić information content (AvgIpc) is 3.31. The molecule has 5 rings (SSSR count). The van der Waals surface area contributed by atoms with Gasteiger partial charge in [0.1, 0.15) is 17.0 Å². The molecule has 4 aromatic rings. The van der Waals surface area contributed by atoms with Crippen molar-refractivity contribution in [3.63, 3.8) is 0 Å². The Morgan fingerprint density at radius 3 is 3.10 bits per heavy atom. The normalized spacial score (nSPS) is 16.3. The highest BCUT2D eigenvalue weighted by Crippen LogP contribution is 2.40. The third kappa shape index (κ3) is 3.33. The second-order valence-corrected chi connectivity index (χ2v) is 8.71. The van der Waals surface area contributed by atoms with E-state index in [4.69, 9.17) is 4.74 Å². The molecule has 1 aliphatic carbocycles. The number of benzene rings is 1. The Bertz CT molecular complexity index is 1210. The van der Waals surface area contributed by atoms with Gasteiger partial charge in [-0.1, -0.05) is 0 Å². The molecule has 0 fully saturated rings. The number of H-pyrrole nitrogens is 1. The fourth-order valence-electron chi connectivity index (χ4n) is 3.89. The standard InChI is InChI=1S/C21H21N5O2S/c1-11(2)28-21(27)12-3-5-15-17(8-12)29-20-18(15)19(22-10-23-20)25-14-4-6-16-13(7-14)9-24-26-16/h4,6-7,9-12H,3,5,8H2,1-2H3,(H,24,26)(H,22,23,25). The lowest BCUT2D eigenvalue weighted by Gasteiger charge is -2.22. The van der Waals surface area contributed by atoms with Crippen LogP contribution in [0.5, 0.6) is 0 Å². The maximum atomic E-state index is 12.4. The summed E-state index contributed by atoms with van der Waals surface area (Å²) in [6, 6.07) is 6.05. The Kier molecular flexibility index (Phi) is 4.43. The van der Waals surface area contributed by atoms with Crippen molar-refractivity contribution in [2.45, 2.75) is 39.2 Å². The minimum Gasteiger partial charge on any atom is -0.463 e. The number of carbonyl (C=O) groups is 1. The van der Waals surface area contributed by atoms with E-state index in [1.807, 2.05) is 32.0 Å². The van der Waals surface area contributed by atoms with Crippen LogP contribution in [0.3, 0.4) is 0 Å². The largest absolute Gasteiger partial charge is 0.463 e. The summed E-state index contributed by atoms with van der Waals surface area (Å²) in [5.41, 5.74) is 3.20. The van der Waals surface area contributed by atoms with Crippen molar-refractivity contribution in [3.05, 3.63) is 41.2 Å². The van der Waals surface area contributed by atoms with Crippen LogP contribution in [0.4, 0.5) is 11.5 Å². The summed E-state index contributed by atoms with van der Waals surface area (Å²) in [5.74, 6) is 0.630. The highest BCUT2D eigenvalue weighted by atomic mass is 32.1. The van der Waals surface area contributed by atoms with Crippen molar-refractivity contribution in [2.75, 3.05) is 5.32 Å². The zero-order valence-electron chi connectivity index (χ0n) is 16.2. The number of ether oxygens (including phenoxy) is 1. The van der Waals surface area contributed by atoms with Crippen molar-refractivity contribution < 1.29 is 9.53 Å². The molecule has 0 aliphatic heterocycles. The monoisotopic (exact) mass is 407 g/mol. The van der Waals surface area contributed by atoms with E-state index in [9.17, 15) is 4.79 Å². The van der Waals surface area contributed by atoms with Crippen LogP contribution in [-0.2, 0) is 22.4 Å². The van der Waals surface area contributed by atoms with Crippen molar-refractivity contribution in [3.8, 4) is 0 Å². The van der Waals surface area contributed by atoms with Crippen LogP contribution in [0.1, 0.15) is 30.7 Å². The van der Waals surface area contributed by atoms with Gasteiger partial charge in [0.25, 0.3) is 0 Å². The molecule has 3 heterocycles. The molecule has 0 bridgehead atoms. The van der Waals surface area contributed by atoms with Gasteiger partial charge in [-0.05, 0) is 56.9 Å². The van der Waals surface area contributed by atoms with Crippen LogP contribution >= 0.6 is 11.3 Å². The summed E-state index contributed by atoms with van der Waals surface area (Å²) in [6.07, 6.45) is 5.64. The van der Waals surface area contributed by atoms with Crippen molar-refractivity contribution in [1.29, 1.82) is 0 Å². The molecule has 148 valence electrons. The van der Waals surface area contributed by atoms with E-state index >= 15 is 0 Å². The molecule has 3 aromatic heterocycles. The van der Waals surface area contributed by atoms with Crippen molar-refractivity contribution >= 4 is 49.9 Å². The summed E-state index contributed by atoms with van der Waals surface area (Å²) < 4.78 is 5.43. The number of aromatic nitrogens is 4. The molecule has 1 atom stereocenters. The molecular weight excluding hydrogens is 386 g/mol. The summed E-state index contributed by atoms with van der Waals surface area (Å²) in [6.45, 7) is 3.78. The molecule has 0 saturated heterocycles. The first-order valence-electron chi connectivity index (χ1n) is 9.74. The van der Waals surface area contributed by atoms with Gasteiger partial charge >= 0.3 is 5.97 Å². The number of nitrogens with one attached hydrogen (secondary N) is 2. The van der Waals surface area contributed by atoms with Gasteiger partial charge in [0, 0.05) is 16.0 Å². The molecule has 0 saturated carbocycles. The zero-order valence-corrected chi connectivity index (χ0v) is 17.0. The van der Waals surface area contributed by atoms with Gasteiger partial charge in [-0.15, -0.1) is 11.3 Å². The maximum Gasteiger partial charge on any atom is 0.309 e. The summed E-state index contributed by atoms with van der Waals surface area (Å²) in [7, 11) is 0. The molecule has 1 aliphatic rings. The maximum absolute atomic E-state index is 12.4. The van der Waals surface area contributed by atoms with Crippen molar-refractivity contribution in [1.82, 2.24) is 20.2 Å². The lowest BCUT2D eigenvalue weighted by molar-refractivity contribution is -0.152. The van der Waals surface area contributed by atoms with E-state index in [1.54, 1.807) is 23.9 Å². The van der Waals surface area contributed by atoms with Gasteiger partial charge in [-0.2, -0.15) is 5.10 Å². The number of hydrogen-bond donors (Lipinski definition) is 2. The van der Waals surface area contributed by atoms with Crippen molar-refractivity contribution in [2.24, 2.45) is 5.92 Å². The quantitative estimate of drug-likeness (QED) is 0.488. The Labute approximate surface area is 171 Å². The van der Waals surface area contributed by atoms with E-state index in [2.05, 4.69) is 25.5 Å². The van der Waals surface area contributed by atoms with Gasteiger partial charge in [0.05, 0.1) is 29.1 Å². The molecule has 1 aromatic carbocycles. The number of anilines is 2. The summed E-state index contributed by atoms with van der Waals surface area (Å²) in [4.78, 5) is 23.5. The number of nitrogens with zero attached hydrogens (tertiary/aromatic N) is 3. The Hall–Kier alpha value is -3.00. The third-order valence-corrected chi connectivity index (χ3v) is 6.40. The van der Waals surface area contributed by atoms with Crippen LogP contribution in [0.25, 0.3) is 21.1 Å². The SMILES string of the molecule is CC(C)OC(=O)C1CCc2c(sc3ncnc(Nc4ccc5[nH]ncc5c4)c23)C1. The lowest BCUT2D eigenvalue weighted by Crippen LogP contribution is -2.26. The first-order valence-corrected chi connectivity index (χ1v) is 10.6. The number of rotatable bonds is 4. The molecular formula is C21H21N5O2S. The van der Waals surface area contributed by atoms with Gasteiger partial charge in [0.15, 0.2) is 0 Å². The Morgan fingerprint density at radius 2 is 2.24 bits per heavy atom. The number of aromatic amines is 1. The van der Waals surface area contributed by atoms with Crippen LogP contribution < -0.4 is 5.32 Å². The van der Waals surface area contributed by atoms with Gasteiger partial charge in [-0.3, -0.25) is 9.89 Å². The third-order valence-electron chi connectivity index (χ3n) is 5.23. The fraction of sp³-hybridized carbons (Fsp3) is 0.333. The fourth-order valence-corrected chi connectivity index (χ4v) is 5.16. The topological polar surface area (TPSA) is 92.8 Å². The smallest absolute Gasteiger partial charge is 0.309 e. The summed E-state index contributed by atoms with van der Waals surface area (Å²) >= 11 is 1.65. The average molecular weight is 407 g/mol. The first-order chi connectivity index (χ1) is 14.1. The van der Waals surface area contributed by atoms with Crippen LogP contribution in [0.15, 0.2) is 30.7 Å². The highest BCUT2D eigenvalue weighted by molar-refractivity contribution is 7.19. The number of aryl methyl sites for hydroxylation is 1. The van der Waals surface area contributed by atoms with Crippen LogP contribution in [0, 0.1) is 5.92 Å². The van der Waals surface area contributed by atoms with E-state index in [0.717, 1.165) is 45.5 Å². The zero-order chi connectivity index (χ0) is 20.0. The summed E-state index contributed by atoms with van der Waals surface area (Å²) in [5, 5.41) is 12.6. The second kappa shape index (κ2) is 7.11. The number of esters is 1. The van der Waals surface area contributed by atoms with E-state index in [0.29, 0.717) is 6.42 Å².